The molecule has 7 heteroatoms. The van der Waals surface area contributed by atoms with Crippen molar-refractivity contribution in [3.63, 3.8) is 0 Å². The van der Waals surface area contributed by atoms with Crippen molar-refractivity contribution in [1.29, 1.82) is 0 Å². The molecule has 0 radical (unpaired) electrons. The Morgan fingerprint density at radius 3 is 2.55 bits per heavy atom. The van der Waals surface area contributed by atoms with Crippen LogP contribution in [0.15, 0.2) is 29.4 Å². The third-order valence-electron chi connectivity index (χ3n) is 3.29. The van der Waals surface area contributed by atoms with Crippen molar-refractivity contribution in [3.8, 4) is 0 Å². The summed E-state index contributed by atoms with van der Waals surface area (Å²) in [4.78, 5) is 15.8. The lowest BCUT2D eigenvalue weighted by Crippen LogP contribution is -2.41. The molecule has 0 saturated carbocycles. The number of carbonyl (C=O) groups excluding carboxylic acids is 1. The zero-order valence-corrected chi connectivity index (χ0v) is 14.4. The molecule has 1 N–H and O–H groups in total. The maximum Gasteiger partial charge on any atom is 0.244 e. The summed E-state index contributed by atoms with van der Waals surface area (Å²) in [5, 5.41) is 2.83. The molecular weight excluding hydrogens is 302 g/mol. The molecule has 6 nitrogen and oxygen atoms in total. The fourth-order valence-electron chi connectivity index (χ4n) is 1.94. The first-order valence-electron chi connectivity index (χ1n) is 7.39. The van der Waals surface area contributed by atoms with E-state index in [1.54, 1.807) is 6.07 Å². The van der Waals surface area contributed by atoms with Gasteiger partial charge < -0.3 is 5.32 Å². The Morgan fingerprint density at radius 1 is 1.32 bits per heavy atom. The first-order valence-corrected chi connectivity index (χ1v) is 8.83. The molecule has 1 atom stereocenters. The van der Waals surface area contributed by atoms with Crippen LogP contribution in [0, 0.1) is 5.92 Å². The minimum absolute atomic E-state index is 0.0318. The summed E-state index contributed by atoms with van der Waals surface area (Å²) < 4.78 is 25.6. The van der Waals surface area contributed by atoms with Crippen molar-refractivity contribution in [3.05, 3.63) is 24.5 Å². The Hall–Kier alpha value is -1.47. The molecule has 1 aromatic rings. The summed E-state index contributed by atoms with van der Waals surface area (Å²) in [6, 6.07) is 3.04. The van der Waals surface area contributed by atoms with Gasteiger partial charge in [-0.15, -0.1) is 0 Å². The molecule has 1 amide bonds. The van der Waals surface area contributed by atoms with E-state index in [0.717, 1.165) is 17.1 Å². The quantitative estimate of drug-likeness (QED) is 0.787. The normalized spacial score (nSPS) is 13.4. The molecular formula is C15H25N3O3S. The van der Waals surface area contributed by atoms with Gasteiger partial charge in [0, 0.05) is 25.5 Å². The topological polar surface area (TPSA) is 79.4 Å². The average molecular weight is 327 g/mol. The van der Waals surface area contributed by atoms with Crippen molar-refractivity contribution in [1.82, 2.24) is 14.6 Å². The fourth-order valence-corrected chi connectivity index (χ4v) is 3.03. The Balaban J connectivity index is 2.57. The molecule has 0 unspecified atom stereocenters. The second-order valence-electron chi connectivity index (χ2n) is 5.89. The molecule has 0 saturated heterocycles. The van der Waals surface area contributed by atoms with E-state index in [9.17, 15) is 13.2 Å². The number of hydrogen-bond donors (Lipinski definition) is 1. The average Bonchev–Trinajstić information content (AvgIpc) is 2.45. The van der Waals surface area contributed by atoms with E-state index in [4.69, 9.17) is 0 Å². The monoisotopic (exact) mass is 327 g/mol. The smallest absolute Gasteiger partial charge is 0.244 e. The van der Waals surface area contributed by atoms with Gasteiger partial charge in [-0.05, 0) is 37.8 Å². The summed E-state index contributed by atoms with van der Waals surface area (Å²) in [5.74, 6) is 0.277. The van der Waals surface area contributed by atoms with Crippen LogP contribution in [0.3, 0.4) is 0 Å². The second kappa shape index (κ2) is 8.24. The molecule has 1 aromatic heterocycles. The van der Waals surface area contributed by atoms with Crippen LogP contribution < -0.4 is 5.32 Å². The number of sulfonamides is 1. The van der Waals surface area contributed by atoms with Gasteiger partial charge >= 0.3 is 0 Å². The van der Waals surface area contributed by atoms with Crippen LogP contribution in [0.25, 0.3) is 0 Å². The number of nitrogens with one attached hydrogen (secondary N) is 1. The van der Waals surface area contributed by atoms with Crippen LogP contribution in [0.1, 0.15) is 33.6 Å². The number of carbonyl (C=O) groups is 1. The summed E-state index contributed by atoms with van der Waals surface area (Å²) in [7, 11) is -2.30. The van der Waals surface area contributed by atoms with Crippen molar-refractivity contribution in [2.24, 2.45) is 5.92 Å². The number of pyridine rings is 1. The van der Waals surface area contributed by atoms with Crippen LogP contribution in [-0.2, 0) is 14.8 Å². The standard InChI is InChI=1S/C15H25N3O3S/c1-12(2)7-8-13(3)17-15(19)11-18(4)22(20,21)14-6-5-9-16-10-14/h5-6,9-10,12-13H,7-8,11H2,1-4H3,(H,17,19)/t13-/m0/s1. The molecule has 1 heterocycles. The number of likely N-dealkylation sites (N-methyl/N-ethyl adjacent to an activating group) is 1. The summed E-state index contributed by atoms with van der Waals surface area (Å²) in [6.07, 6.45) is 4.67. The van der Waals surface area contributed by atoms with E-state index in [0.29, 0.717) is 5.92 Å². The number of rotatable bonds is 8. The lowest BCUT2D eigenvalue weighted by Gasteiger charge is -2.19. The highest BCUT2D eigenvalue weighted by Crippen LogP contribution is 2.12. The van der Waals surface area contributed by atoms with Gasteiger partial charge in [-0.1, -0.05) is 13.8 Å². The fraction of sp³-hybridized carbons (Fsp3) is 0.600. The third-order valence-corrected chi connectivity index (χ3v) is 5.08. The van der Waals surface area contributed by atoms with E-state index in [1.807, 2.05) is 6.92 Å². The molecule has 124 valence electrons. The van der Waals surface area contributed by atoms with E-state index in [2.05, 4.69) is 24.1 Å². The van der Waals surface area contributed by atoms with Crippen LogP contribution >= 0.6 is 0 Å². The highest BCUT2D eigenvalue weighted by molar-refractivity contribution is 7.89. The molecule has 22 heavy (non-hydrogen) atoms. The van der Waals surface area contributed by atoms with Gasteiger partial charge in [0.15, 0.2) is 0 Å². The number of amides is 1. The van der Waals surface area contributed by atoms with Gasteiger partial charge in [0.25, 0.3) is 0 Å². The van der Waals surface area contributed by atoms with Gasteiger partial charge in [-0.25, -0.2) is 8.42 Å². The zero-order valence-electron chi connectivity index (χ0n) is 13.6. The predicted octanol–water partition coefficient (Wildman–Crippen LogP) is 1.64. The largest absolute Gasteiger partial charge is 0.353 e. The predicted molar refractivity (Wildman–Crippen MR) is 85.7 cm³/mol. The van der Waals surface area contributed by atoms with E-state index < -0.39 is 10.0 Å². The summed E-state index contributed by atoms with van der Waals surface area (Å²) >= 11 is 0. The van der Waals surface area contributed by atoms with Gasteiger partial charge in [-0.2, -0.15) is 4.31 Å². The zero-order chi connectivity index (χ0) is 16.8. The van der Waals surface area contributed by atoms with Gasteiger partial charge in [0.1, 0.15) is 4.90 Å². The Kier molecular flexibility index (Phi) is 6.96. The molecule has 1 rings (SSSR count). The van der Waals surface area contributed by atoms with Gasteiger partial charge in [0.2, 0.25) is 15.9 Å². The van der Waals surface area contributed by atoms with Crippen molar-refractivity contribution in [2.45, 2.75) is 44.6 Å². The SMILES string of the molecule is CC(C)CC[C@H](C)NC(=O)CN(C)S(=O)(=O)c1cccnc1. The van der Waals surface area contributed by atoms with Crippen LogP contribution in [0.5, 0.6) is 0 Å². The molecule has 0 aliphatic rings. The molecule has 0 aliphatic carbocycles. The van der Waals surface area contributed by atoms with Crippen LogP contribution in [0.4, 0.5) is 0 Å². The first-order chi connectivity index (χ1) is 10.2. The minimum Gasteiger partial charge on any atom is -0.353 e. The number of aromatic nitrogens is 1. The Labute approximate surface area is 133 Å². The molecule has 0 spiro atoms. The maximum absolute atomic E-state index is 12.3. The molecule has 0 bridgehead atoms. The molecule has 0 aromatic carbocycles. The second-order valence-corrected chi connectivity index (χ2v) is 7.93. The highest BCUT2D eigenvalue weighted by Gasteiger charge is 2.23. The number of hydrogen-bond acceptors (Lipinski definition) is 4. The first kappa shape index (κ1) is 18.6. The van der Waals surface area contributed by atoms with E-state index in [1.165, 1.54) is 25.5 Å². The van der Waals surface area contributed by atoms with Crippen LogP contribution in [0.2, 0.25) is 0 Å². The lowest BCUT2D eigenvalue weighted by atomic mass is 10.0. The van der Waals surface area contributed by atoms with E-state index in [-0.39, 0.29) is 23.4 Å². The van der Waals surface area contributed by atoms with E-state index >= 15 is 0 Å². The molecule has 0 aliphatic heterocycles. The maximum atomic E-state index is 12.3. The Bertz CT molecular complexity index is 573. The summed E-state index contributed by atoms with van der Waals surface area (Å²) in [6.45, 7) is 5.98. The number of nitrogens with zero attached hydrogens (tertiary/aromatic N) is 2. The summed E-state index contributed by atoms with van der Waals surface area (Å²) in [5.41, 5.74) is 0. The van der Waals surface area contributed by atoms with Gasteiger partial charge in [0.05, 0.1) is 6.54 Å². The highest BCUT2D eigenvalue weighted by atomic mass is 32.2. The van der Waals surface area contributed by atoms with Crippen molar-refractivity contribution >= 4 is 15.9 Å². The third kappa shape index (κ3) is 5.73. The van der Waals surface area contributed by atoms with Crippen LogP contribution in [-0.4, -0.2) is 43.2 Å². The van der Waals surface area contributed by atoms with Gasteiger partial charge in [-0.3, -0.25) is 9.78 Å². The van der Waals surface area contributed by atoms with Crippen molar-refractivity contribution in [2.75, 3.05) is 13.6 Å². The molecule has 0 fully saturated rings. The minimum atomic E-state index is -3.69. The lowest BCUT2D eigenvalue weighted by molar-refractivity contribution is -0.121. The van der Waals surface area contributed by atoms with Crippen molar-refractivity contribution < 1.29 is 13.2 Å². The Morgan fingerprint density at radius 2 is 2.00 bits per heavy atom.